The highest BCUT2D eigenvalue weighted by atomic mass is 32.2. The van der Waals surface area contributed by atoms with E-state index >= 15 is 0 Å². The third-order valence-corrected chi connectivity index (χ3v) is 39.0. The zero-order valence-corrected chi connectivity index (χ0v) is 77.9. The fraction of sp³-hybridized carbons (Fsp3) is 0.570. The number of likely N-dealkylation sites (tertiary alicyclic amines) is 2. The van der Waals surface area contributed by atoms with Gasteiger partial charge in [0.2, 0.25) is 11.8 Å². The molecule has 5 aromatic carbocycles. The van der Waals surface area contributed by atoms with Gasteiger partial charge in [-0.25, -0.2) is 60.6 Å². The molecule has 4 aliphatic carbocycles. The number of hydrogen-bond acceptors (Lipinski definition) is 28. The first-order valence-electron chi connectivity index (χ1n) is 45.3. The van der Waals surface area contributed by atoms with E-state index in [0.29, 0.717) is 92.2 Å². The molecule has 4 atom stereocenters. The molecule has 1 aromatic heterocycles. The Labute approximate surface area is 762 Å². The first kappa shape index (κ1) is 98.5. The number of hydrogen-bond donors (Lipinski definition) is 12. The number of hydroxylamine groups is 4. The predicted molar refractivity (Wildman–Crippen MR) is 482 cm³/mol. The number of benzene rings is 5. The minimum absolute atomic E-state index is 0.0206. The molecular formula is C93H127N11O22S4. The van der Waals surface area contributed by atoms with Crippen LogP contribution in [0.4, 0.5) is 0 Å². The molecule has 4 unspecified atom stereocenters. The Morgan fingerprint density at radius 1 is 0.385 bits per heavy atom. The molecule has 10 fully saturated rings. The molecule has 0 radical (unpaired) electrons. The lowest BCUT2D eigenvalue weighted by Crippen LogP contribution is -2.51. The maximum atomic E-state index is 13.8. The predicted octanol–water partition coefficient (Wildman–Crippen LogP) is 10.2. The second-order valence-corrected chi connectivity index (χ2v) is 47.0. The van der Waals surface area contributed by atoms with Gasteiger partial charge >= 0.3 is 0 Å². The van der Waals surface area contributed by atoms with Gasteiger partial charge in [-0.05, 0) is 361 Å². The Balaban J connectivity index is 0.000000148. The monoisotopic (exact) mass is 1880 g/mol. The van der Waals surface area contributed by atoms with E-state index in [0.717, 1.165) is 136 Å². The molecule has 37 heteroatoms. The van der Waals surface area contributed by atoms with Crippen LogP contribution in [0.25, 0.3) is 0 Å². The Morgan fingerprint density at radius 3 is 0.969 bits per heavy atom. The number of carbonyl (C=O) groups is 5. The molecule has 0 bridgehead atoms. The lowest BCUT2D eigenvalue weighted by atomic mass is 9.77. The molecule has 4 spiro atoms. The number of methoxy groups -OCH3 is 1. The number of aromatic nitrogens is 1. The normalized spacial score (nSPS) is 24.1. The highest BCUT2D eigenvalue weighted by Crippen LogP contribution is 2.59. The second kappa shape index (κ2) is 41.3. The Morgan fingerprint density at radius 2 is 0.685 bits per heavy atom. The van der Waals surface area contributed by atoms with E-state index in [9.17, 15) is 78.5 Å². The summed E-state index contributed by atoms with van der Waals surface area (Å²) in [6, 6.07) is 35.6. The zero-order valence-electron chi connectivity index (χ0n) is 74.7. The number of carbonyl (C=O) groups excluding carboxylic acids is 5. The van der Waals surface area contributed by atoms with Gasteiger partial charge in [0.1, 0.15) is 47.7 Å². The van der Waals surface area contributed by atoms with E-state index in [1.165, 1.54) is 98.8 Å². The van der Waals surface area contributed by atoms with Crippen LogP contribution in [-0.4, -0.2) is 223 Å². The van der Waals surface area contributed by atoms with E-state index in [2.05, 4.69) is 51.9 Å². The van der Waals surface area contributed by atoms with Crippen molar-refractivity contribution >= 4 is 68.9 Å². The minimum atomic E-state index is -4.06. The number of pyridine rings is 1. The van der Waals surface area contributed by atoms with Crippen molar-refractivity contribution < 1.29 is 102 Å². The van der Waals surface area contributed by atoms with Crippen molar-refractivity contribution in [1.29, 1.82) is 0 Å². The van der Waals surface area contributed by atoms with Gasteiger partial charge in [-0.2, -0.15) is 0 Å². The summed E-state index contributed by atoms with van der Waals surface area (Å²) in [5.41, 5.74) is 6.98. The summed E-state index contributed by atoms with van der Waals surface area (Å²) in [5, 5.41) is 50.8. The van der Waals surface area contributed by atoms with Gasteiger partial charge in [-0.3, -0.25) is 49.7 Å². The van der Waals surface area contributed by atoms with Gasteiger partial charge in [-0.1, -0.05) is 39.3 Å². The van der Waals surface area contributed by atoms with Crippen molar-refractivity contribution in [2.24, 2.45) is 21.7 Å². The summed E-state index contributed by atoms with van der Waals surface area (Å²) in [7, 11) is -14.6. The van der Waals surface area contributed by atoms with Crippen molar-refractivity contribution in [2.75, 3.05) is 105 Å². The van der Waals surface area contributed by atoms with Crippen molar-refractivity contribution in [3.05, 3.63) is 145 Å². The Hall–Kier alpha value is -8.96. The molecule has 710 valence electrons. The average Bonchev–Trinajstić information content (AvgIpc) is 1.58. The van der Waals surface area contributed by atoms with Crippen LogP contribution in [0, 0.1) is 21.7 Å². The molecule has 6 aromatic rings. The third-order valence-electron chi connectivity index (χ3n) is 29.2. The van der Waals surface area contributed by atoms with E-state index in [1.807, 2.05) is 24.3 Å². The minimum Gasteiger partial charge on any atom is -0.492 e. The van der Waals surface area contributed by atoms with Gasteiger partial charge in [0.15, 0.2) is 58.3 Å². The van der Waals surface area contributed by atoms with E-state index in [1.54, 1.807) is 75.4 Å². The summed E-state index contributed by atoms with van der Waals surface area (Å²) in [4.78, 5) is 71.1. The van der Waals surface area contributed by atoms with Crippen LogP contribution in [0.5, 0.6) is 40.4 Å². The van der Waals surface area contributed by atoms with E-state index in [4.69, 9.17) is 23.7 Å². The second-order valence-electron chi connectivity index (χ2n) is 37.9. The summed E-state index contributed by atoms with van der Waals surface area (Å²) < 4.78 is 131. The smallest absolute Gasteiger partial charge is 0.265 e. The molecule has 5 amide bonds. The van der Waals surface area contributed by atoms with Gasteiger partial charge in [0.25, 0.3) is 23.6 Å². The van der Waals surface area contributed by atoms with Crippen LogP contribution in [0.2, 0.25) is 0 Å². The first-order valence-corrected chi connectivity index (χ1v) is 51.2. The number of rotatable bonds is 25. The number of nitrogens with zero attached hydrogens (tertiary/aromatic N) is 3. The van der Waals surface area contributed by atoms with Crippen LogP contribution < -0.4 is 66.9 Å². The molecule has 16 rings (SSSR count). The van der Waals surface area contributed by atoms with Crippen LogP contribution in [0.3, 0.4) is 0 Å². The highest BCUT2D eigenvalue weighted by molar-refractivity contribution is 7.94. The van der Waals surface area contributed by atoms with Gasteiger partial charge < -0.3 is 49.9 Å². The standard InChI is InChI=1S/C26H34N2O5S.C23H35N3O5S.C22H27N3O6S.C22H31N3O6S/c1-24(2,3)19-4-6-20(7-5-19)33-21-8-10-22(11-9-21)34(31,32)26(23(29)28-30)13-12-25(18-26)14-16-27-17-15-25;27-21(25-28)23(9-8-22(18-23)10-12-24-13-11-22)32(29,30)20-6-4-19(5-7-20)31-17-16-26-14-2-1-3-15-26;1-30-19-7-4-17(14-24-19)31-16-2-5-18(6-3-16)32(28,29)22(20(26)25-27)9-8-21(15-22)10-12-23-13-11-21;26-19-2-1-13-25(19)14-15-31-17-3-5-18(6-4-17)32(29,30)22(20(27)24-28)8-7-21(16-22)9-11-23-12-10-21/h4-11,27,30H,12-18H2,1-3H3,(H,28,29);4-7,24,28H,1-3,8-18H2,(H,25,27);2-7,14,23,27H,8-13,15H2,1H3,(H,25,26);3-6,23,28H,1-2,7-16H2,(H,24,27). The fourth-order valence-corrected chi connectivity index (χ4v) is 29.8. The molecule has 4 saturated carbocycles. The van der Waals surface area contributed by atoms with Crippen LogP contribution in [-0.2, 0) is 68.7 Å². The molecule has 130 heavy (non-hydrogen) atoms. The number of sulfone groups is 4. The van der Waals surface area contributed by atoms with E-state index < -0.39 is 82.0 Å². The van der Waals surface area contributed by atoms with Crippen molar-refractivity contribution in [1.82, 2.24) is 58.0 Å². The summed E-state index contributed by atoms with van der Waals surface area (Å²) >= 11 is 0. The molecule has 6 saturated heterocycles. The topological polar surface area (TPSA) is 465 Å². The number of nitrogens with one attached hydrogen (secondary N) is 8. The zero-order chi connectivity index (χ0) is 92.9. The van der Waals surface area contributed by atoms with Gasteiger partial charge in [0.05, 0.1) is 39.4 Å². The van der Waals surface area contributed by atoms with Crippen LogP contribution in [0.15, 0.2) is 159 Å². The van der Waals surface area contributed by atoms with Crippen LogP contribution >= 0.6 is 0 Å². The van der Waals surface area contributed by atoms with Gasteiger partial charge in [-0.15, -0.1) is 0 Å². The lowest BCUT2D eigenvalue weighted by molar-refractivity contribution is -0.132. The number of amides is 5. The van der Waals surface area contributed by atoms with Crippen LogP contribution in [0.1, 0.15) is 187 Å². The highest BCUT2D eigenvalue weighted by Gasteiger charge is 2.65. The summed E-state index contributed by atoms with van der Waals surface area (Å²) in [6.07, 6.45) is 17.5. The first-order chi connectivity index (χ1) is 62.1. The van der Waals surface area contributed by atoms with Crippen molar-refractivity contribution in [3.63, 3.8) is 0 Å². The Kier molecular flexibility index (Phi) is 31.3. The molecule has 6 aliphatic heterocycles. The molecular weight excluding hydrogens is 1750 g/mol. The SMILES string of the molecule is CC(C)(C)c1ccc(Oc2ccc(S(=O)(=O)C3(C(=O)NO)CCC4(CCNCC4)C3)cc2)cc1.COc1ccc(Oc2ccc(S(=O)(=O)C3(C(=O)NO)CCC4(CCNCC4)C3)cc2)cn1.O=C(NO)C1(S(=O)(=O)c2ccc(OCCN3CCCCC3)cc2)CCC2(CCNCC2)C1.O=C1CCCN1CCOc1ccc(S(=O)(=O)C2(C(=O)NO)CCC3(CCNCC3)C2)cc1. The Bertz CT molecular complexity index is 5380. The largest absolute Gasteiger partial charge is 0.492 e. The molecule has 33 nitrogen and oxygen atoms in total. The van der Waals surface area contributed by atoms with Gasteiger partial charge in [0, 0.05) is 25.6 Å². The van der Waals surface area contributed by atoms with Crippen molar-refractivity contribution in [2.45, 2.75) is 225 Å². The molecule has 10 aliphatic rings. The lowest BCUT2D eigenvalue weighted by Gasteiger charge is -2.36. The van der Waals surface area contributed by atoms with Crippen molar-refractivity contribution in [3.8, 4) is 40.4 Å². The molecule has 7 heterocycles. The van der Waals surface area contributed by atoms with E-state index in [-0.39, 0.29) is 104 Å². The maximum absolute atomic E-state index is 13.8. The quantitative estimate of drug-likeness (QED) is 0.0187. The third kappa shape index (κ3) is 21.0. The fourth-order valence-electron chi connectivity index (χ4n) is 21.4. The number of piperidine rings is 5. The average molecular weight is 1880 g/mol. The number of ether oxygens (including phenoxy) is 5. The maximum Gasteiger partial charge on any atom is 0.265 e. The summed E-state index contributed by atoms with van der Waals surface area (Å²) in [6.45, 7) is 18.0. The molecule has 12 N–H and O–H groups in total. The summed E-state index contributed by atoms with van der Waals surface area (Å²) in [5.74, 6) is 0.366.